The predicted octanol–water partition coefficient (Wildman–Crippen LogP) is 1.92. The van der Waals surface area contributed by atoms with Gasteiger partial charge in [-0.1, -0.05) is 13.3 Å². The van der Waals surface area contributed by atoms with E-state index in [1.54, 1.807) is 0 Å². The molecular formula is C13H24N2OS. The fourth-order valence-electron chi connectivity index (χ4n) is 2.87. The third kappa shape index (κ3) is 3.88. The molecule has 2 N–H and O–H groups in total. The van der Waals surface area contributed by atoms with Crippen LogP contribution in [-0.2, 0) is 4.79 Å². The minimum Gasteiger partial charge on any atom is -0.352 e. The van der Waals surface area contributed by atoms with Crippen LogP contribution < -0.4 is 10.6 Å². The molecule has 1 aliphatic carbocycles. The number of hydrogen-bond acceptors (Lipinski definition) is 3. The van der Waals surface area contributed by atoms with Crippen LogP contribution in [0.1, 0.15) is 45.4 Å². The molecule has 0 aromatic heterocycles. The van der Waals surface area contributed by atoms with Crippen LogP contribution in [0.25, 0.3) is 0 Å². The van der Waals surface area contributed by atoms with Gasteiger partial charge in [0.15, 0.2) is 0 Å². The van der Waals surface area contributed by atoms with E-state index in [1.807, 2.05) is 11.8 Å². The summed E-state index contributed by atoms with van der Waals surface area (Å²) in [5.74, 6) is 1.42. The van der Waals surface area contributed by atoms with E-state index in [0.29, 0.717) is 6.04 Å². The number of nitrogens with one attached hydrogen (secondary N) is 2. The maximum Gasteiger partial charge on any atom is 0.237 e. The molecule has 4 heteroatoms. The summed E-state index contributed by atoms with van der Waals surface area (Å²) in [6.07, 6.45) is 7.06. The molecule has 0 aromatic rings. The molecule has 1 aliphatic heterocycles. The Kier molecular flexibility index (Phi) is 5.16. The van der Waals surface area contributed by atoms with E-state index in [4.69, 9.17) is 0 Å². The molecule has 2 aliphatic rings. The van der Waals surface area contributed by atoms with Crippen molar-refractivity contribution >= 4 is 17.7 Å². The van der Waals surface area contributed by atoms with Gasteiger partial charge in [0.2, 0.25) is 5.91 Å². The Morgan fingerprint density at radius 3 is 2.94 bits per heavy atom. The van der Waals surface area contributed by atoms with E-state index in [2.05, 4.69) is 17.6 Å². The molecule has 0 unspecified atom stereocenters. The van der Waals surface area contributed by atoms with E-state index < -0.39 is 0 Å². The van der Waals surface area contributed by atoms with E-state index >= 15 is 0 Å². The quantitative estimate of drug-likeness (QED) is 0.807. The summed E-state index contributed by atoms with van der Waals surface area (Å²) in [5, 5.41) is 7.26. The third-order valence-corrected chi connectivity index (χ3v) is 4.98. The maximum atomic E-state index is 12.0. The third-order valence-electron chi connectivity index (χ3n) is 3.75. The van der Waals surface area contributed by atoms with Crippen LogP contribution in [0.4, 0.5) is 0 Å². The highest BCUT2D eigenvalue weighted by molar-refractivity contribution is 7.99. The highest BCUT2D eigenvalue weighted by atomic mass is 32.2. The molecule has 1 saturated heterocycles. The molecule has 3 atom stereocenters. The number of amides is 1. The SMILES string of the molecule is CCS[C@@H]1CCC[C@H](NC(=O)[C@@H]2CCCN2)C1. The Labute approximate surface area is 108 Å². The average Bonchev–Trinajstić information content (AvgIpc) is 2.83. The fourth-order valence-corrected chi connectivity index (χ4v) is 4.05. The van der Waals surface area contributed by atoms with E-state index in [0.717, 1.165) is 31.1 Å². The summed E-state index contributed by atoms with van der Waals surface area (Å²) >= 11 is 2.05. The molecule has 3 nitrogen and oxygen atoms in total. The van der Waals surface area contributed by atoms with Crippen molar-refractivity contribution in [2.24, 2.45) is 0 Å². The molecule has 2 fully saturated rings. The van der Waals surface area contributed by atoms with Crippen LogP contribution in [-0.4, -0.2) is 35.5 Å². The van der Waals surface area contributed by atoms with Gasteiger partial charge in [0.1, 0.15) is 0 Å². The van der Waals surface area contributed by atoms with E-state index in [1.165, 1.54) is 25.0 Å². The van der Waals surface area contributed by atoms with Gasteiger partial charge < -0.3 is 10.6 Å². The lowest BCUT2D eigenvalue weighted by Gasteiger charge is -2.30. The van der Waals surface area contributed by atoms with Gasteiger partial charge in [0.25, 0.3) is 0 Å². The first kappa shape index (κ1) is 13.2. The minimum atomic E-state index is 0.0780. The second kappa shape index (κ2) is 6.64. The predicted molar refractivity (Wildman–Crippen MR) is 73.3 cm³/mol. The zero-order chi connectivity index (χ0) is 12.1. The lowest BCUT2D eigenvalue weighted by molar-refractivity contribution is -0.123. The van der Waals surface area contributed by atoms with Gasteiger partial charge in [0.05, 0.1) is 6.04 Å². The van der Waals surface area contributed by atoms with Gasteiger partial charge in [-0.3, -0.25) is 4.79 Å². The molecule has 1 heterocycles. The fraction of sp³-hybridized carbons (Fsp3) is 0.923. The lowest BCUT2D eigenvalue weighted by Crippen LogP contribution is -2.47. The molecule has 1 amide bonds. The van der Waals surface area contributed by atoms with Crippen molar-refractivity contribution in [3.05, 3.63) is 0 Å². The van der Waals surface area contributed by atoms with Gasteiger partial charge >= 0.3 is 0 Å². The van der Waals surface area contributed by atoms with Crippen LogP contribution in [0, 0.1) is 0 Å². The number of hydrogen-bond donors (Lipinski definition) is 2. The van der Waals surface area contributed by atoms with Crippen LogP contribution in [0.5, 0.6) is 0 Å². The summed E-state index contributed by atoms with van der Waals surface area (Å²) in [7, 11) is 0. The first-order chi connectivity index (χ1) is 8.29. The Morgan fingerprint density at radius 2 is 2.24 bits per heavy atom. The molecule has 2 rings (SSSR count). The summed E-state index contributed by atoms with van der Waals surface area (Å²) in [5.41, 5.74) is 0. The number of rotatable bonds is 4. The standard InChI is InChI=1S/C13H24N2OS/c1-2-17-11-6-3-5-10(9-11)15-13(16)12-7-4-8-14-12/h10-12,14H,2-9H2,1H3,(H,15,16)/t10-,11+,12-/m0/s1. The molecular weight excluding hydrogens is 232 g/mol. The van der Waals surface area contributed by atoms with Gasteiger partial charge in [0, 0.05) is 11.3 Å². The molecule has 0 spiro atoms. The van der Waals surface area contributed by atoms with Crippen LogP contribution in [0.3, 0.4) is 0 Å². The molecule has 0 bridgehead atoms. The van der Waals surface area contributed by atoms with Crippen molar-refractivity contribution in [3.63, 3.8) is 0 Å². The van der Waals surface area contributed by atoms with Gasteiger partial charge in [-0.05, 0) is 44.4 Å². The van der Waals surface area contributed by atoms with Crippen molar-refractivity contribution in [1.29, 1.82) is 0 Å². The Hall–Kier alpha value is -0.220. The Balaban J connectivity index is 1.75. The second-order valence-corrected chi connectivity index (χ2v) is 6.68. The van der Waals surface area contributed by atoms with Crippen molar-refractivity contribution in [1.82, 2.24) is 10.6 Å². The Bertz CT molecular complexity index is 252. The number of carbonyl (C=O) groups is 1. The molecule has 17 heavy (non-hydrogen) atoms. The number of thioether (sulfide) groups is 1. The smallest absolute Gasteiger partial charge is 0.237 e. The van der Waals surface area contributed by atoms with E-state index in [9.17, 15) is 4.79 Å². The van der Waals surface area contributed by atoms with Gasteiger partial charge in [-0.15, -0.1) is 0 Å². The Morgan fingerprint density at radius 1 is 1.35 bits per heavy atom. The molecule has 98 valence electrons. The van der Waals surface area contributed by atoms with Crippen LogP contribution >= 0.6 is 11.8 Å². The normalized spacial score (nSPS) is 33.6. The number of carbonyl (C=O) groups excluding carboxylic acids is 1. The highest BCUT2D eigenvalue weighted by Gasteiger charge is 2.27. The minimum absolute atomic E-state index is 0.0780. The highest BCUT2D eigenvalue weighted by Crippen LogP contribution is 2.28. The van der Waals surface area contributed by atoms with Crippen molar-refractivity contribution < 1.29 is 4.79 Å². The maximum absolute atomic E-state index is 12.0. The van der Waals surface area contributed by atoms with Gasteiger partial charge in [-0.2, -0.15) is 11.8 Å². The molecule has 0 aromatic carbocycles. The van der Waals surface area contributed by atoms with Crippen molar-refractivity contribution in [3.8, 4) is 0 Å². The topological polar surface area (TPSA) is 41.1 Å². The second-order valence-electron chi connectivity index (χ2n) is 5.10. The summed E-state index contributed by atoms with van der Waals surface area (Å²) < 4.78 is 0. The molecule has 1 saturated carbocycles. The first-order valence-electron chi connectivity index (χ1n) is 6.95. The van der Waals surface area contributed by atoms with Gasteiger partial charge in [-0.25, -0.2) is 0 Å². The van der Waals surface area contributed by atoms with Crippen LogP contribution in [0.2, 0.25) is 0 Å². The zero-order valence-electron chi connectivity index (χ0n) is 10.7. The summed E-state index contributed by atoms with van der Waals surface area (Å²) in [6.45, 7) is 3.21. The monoisotopic (exact) mass is 256 g/mol. The van der Waals surface area contributed by atoms with Crippen LogP contribution in [0.15, 0.2) is 0 Å². The van der Waals surface area contributed by atoms with E-state index in [-0.39, 0.29) is 11.9 Å². The largest absolute Gasteiger partial charge is 0.352 e. The van der Waals surface area contributed by atoms with Crippen molar-refractivity contribution in [2.75, 3.05) is 12.3 Å². The summed E-state index contributed by atoms with van der Waals surface area (Å²) in [4.78, 5) is 12.0. The average molecular weight is 256 g/mol. The molecule has 0 radical (unpaired) electrons. The lowest BCUT2D eigenvalue weighted by atomic mass is 9.94. The first-order valence-corrected chi connectivity index (χ1v) is 8.00. The zero-order valence-corrected chi connectivity index (χ0v) is 11.5. The summed E-state index contributed by atoms with van der Waals surface area (Å²) in [6, 6.07) is 0.497. The van der Waals surface area contributed by atoms with Crippen molar-refractivity contribution in [2.45, 2.75) is 62.8 Å².